The summed E-state index contributed by atoms with van der Waals surface area (Å²) >= 11 is 4.01. The van der Waals surface area contributed by atoms with Crippen molar-refractivity contribution in [2.45, 2.75) is 6.42 Å². The third-order valence-electron chi connectivity index (χ3n) is 1.84. The fourth-order valence-corrected chi connectivity index (χ4v) is 1.20. The van der Waals surface area contributed by atoms with E-state index in [1.807, 2.05) is 0 Å². The highest BCUT2D eigenvalue weighted by Crippen LogP contribution is 2.10. The summed E-state index contributed by atoms with van der Waals surface area (Å²) < 4.78 is 17.8. The number of rotatable bonds is 2. The minimum atomic E-state index is -0.688. The van der Waals surface area contributed by atoms with Gasteiger partial charge in [0.05, 0.1) is 12.7 Å². The molecule has 0 atom stereocenters. The zero-order valence-corrected chi connectivity index (χ0v) is 9.68. The molecule has 0 unspecified atom stereocenters. The van der Waals surface area contributed by atoms with Crippen LogP contribution in [0, 0.1) is 17.7 Å². The van der Waals surface area contributed by atoms with Crippen molar-refractivity contribution in [3.05, 3.63) is 35.1 Å². The second-order valence-corrected chi connectivity index (χ2v) is 3.41. The number of benzene rings is 1. The number of hydrogen-bond donors (Lipinski definition) is 1. The van der Waals surface area contributed by atoms with Gasteiger partial charge in [-0.25, -0.2) is 9.18 Å². The number of hydrogen-bond acceptors (Lipinski definition) is 3. The smallest absolute Gasteiger partial charge is 0.340 e. The molecular formula is C12H11FO2S. The zero-order chi connectivity index (χ0) is 12.0. The highest BCUT2D eigenvalue weighted by atomic mass is 32.1. The lowest BCUT2D eigenvalue weighted by Gasteiger charge is -2.00. The van der Waals surface area contributed by atoms with Crippen molar-refractivity contribution < 1.29 is 13.9 Å². The monoisotopic (exact) mass is 238 g/mol. The van der Waals surface area contributed by atoms with Gasteiger partial charge in [-0.2, -0.15) is 12.6 Å². The Bertz CT molecular complexity index is 446. The van der Waals surface area contributed by atoms with Gasteiger partial charge in [0.1, 0.15) is 5.82 Å². The quantitative estimate of drug-likeness (QED) is 0.486. The van der Waals surface area contributed by atoms with Crippen molar-refractivity contribution >= 4 is 18.6 Å². The molecule has 16 heavy (non-hydrogen) atoms. The van der Waals surface area contributed by atoms with Crippen LogP contribution in [0.3, 0.4) is 0 Å². The lowest BCUT2D eigenvalue weighted by Crippen LogP contribution is -2.04. The Labute approximate surface area is 99.2 Å². The molecule has 84 valence electrons. The van der Waals surface area contributed by atoms with Gasteiger partial charge in [0.2, 0.25) is 0 Å². The lowest BCUT2D eigenvalue weighted by atomic mass is 10.1. The van der Waals surface area contributed by atoms with Crippen LogP contribution in [-0.4, -0.2) is 18.8 Å². The molecule has 4 heteroatoms. The van der Waals surface area contributed by atoms with E-state index >= 15 is 0 Å². The Morgan fingerprint density at radius 2 is 2.31 bits per heavy atom. The molecule has 0 amide bonds. The molecule has 0 saturated carbocycles. The van der Waals surface area contributed by atoms with E-state index in [2.05, 4.69) is 29.2 Å². The van der Waals surface area contributed by atoms with Gasteiger partial charge < -0.3 is 4.74 Å². The van der Waals surface area contributed by atoms with E-state index < -0.39 is 11.8 Å². The maximum Gasteiger partial charge on any atom is 0.340 e. The molecule has 0 aromatic heterocycles. The van der Waals surface area contributed by atoms with E-state index in [1.54, 1.807) is 6.07 Å². The number of methoxy groups -OCH3 is 1. The molecular weight excluding hydrogens is 227 g/mol. The number of carbonyl (C=O) groups is 1. The molecule has 1 aromatic rings. The summed E-state index contributed by atoms with van der Waals surface area (Å²) in [5, 5.41) is 0. The average molecular weight is 238 g/mol. The van der Waals surface area contributed by atoms with E-state index in [-0.39, 0.29) is 5.56 Å². The molecule has 0 spiro atoms. The van der Waals surface area contributed by atoms with Crippen LogP contribution in [0.1, 0.15) is 22.3 Å². The topological polar surface area (TPSA) is 26.3 Å². The predicted octanol–water partition coefficient (Wildman–Crippen LogP) is 2.28. The normalized spacial score (nSPS) is 9.19. The molecule has 2 nitrogen and oxygen atoms in total. The van der Waals surface area contributed by atoms with E-state index in [0.717, 1.165) is 0 Å². The lowest BCUT2D eigenvalue weighted by molar-refractivity contribution is 0.0595. The molecule has 0 aliphatic rings. The summed E-state index contributed by atoms with van der Waals surface area (Å²) in [4.78, 5) is 11.1. The highest BCUT2D eigenvalue weighted by Gasteiger charge is 2.11. The van der Waals surface area contributed by atoms with Crippen LogP contribution >= 0.6 is 12.6 Å². The van der Waals surface area contributed by atoms with Gasteiger partial charge in [0, 0.05) is 17.7 Å². The van der Waals surface area contributed by atoms with Crippen molar-refractivity contribution in [1.82, 2.24) is 0 Å². The molecule has 0 aliphatic carbocycles. The first-order valence-electron chi connectivity index (χ1n) is 4.66. The summed E-state index contributed by atoms with van der Waals surface area (Å²) in [7, 11) is 1.21. The fraction of sp³-hybridized carbons (Fsp3) is 0.250. The van der Waals surface area contributed by atoms with E-state index in [1.165, 1.54) is 19.2 Å². The number of halogens is 1. The molecule has 0 heterocycles. The summed E-state index contributed by atoms with van der Waals surface area (Å²) in [5.74, 6) is 4.97. The van der Waals surface area contributed by atoms with Crippen LogP contribution in [0.25, 0.3) is 0 Å². The van der Waals surface area contributed by atoms with Crippen molar-refractivity contribution in [3.8, 4) is 11.8 Å². The summed E-state index contributed by atoms with van der Waals surface area (Å²) in [5.41, 5.74) is 0.453. The Hall–Kier alpha value is -1.47. The van der Waals surface area contributed by atoms with Crippen LogP contribution in [0.5, 0.6) is 0 Å². The van der Waals surface area contributed by atoms with Crippen LogP contribution in [0.15, 0.2) is 18.2 Å². The number of ether oxygens (including phenoxy) is 1. The maximum absolute atomic E-state index is 13.4. The van der Waals surface area contributed by atoms with Crippen molar-refractivity contribution in [3.63, 3.8) is 0 Å². The van der Waals surface area contributed by atoms with E-state index in [9.17, 15) is 9.18 Å². The molecule has 0 bridgehead atoms. The molecule has 1 aromatic carbocycles. The summed E-state index contributed by atoms with van der Waals surface area (Å²) in [6.45, 7) is 0. The van der Waals surface area contributed by atoms with Crippen LogP contribution in [0.4, 0.5) is 4.39 Å². The van der Waals surface area contributed by atoms with Crippen LogP contribution in [0.2, 0.25) is 0 Å². The highest BCUT2D eigenvalue weighted by molar-refractivity contribution is 7.80. The van der Waals surface area contributed by atoms with Crippen molar-refractivity contribution in [1.29, 1.82) is 0 Å². The predicted molar refractivity (Wildman–Crippen MR) is 63.1 cm³/mol. The summed E-state index contributed by atoms with van der Waals surface area (Å²) in [6.07, 6.45) is 0.642. The van der Waals surface area contributed by atoms with Crippen molar-refractivity contribution in [2.24, 2.45) is 0 Å². The molecule has 0 fully saturated rings. The molecule has 0 saturated heterocycles. The first-order chi connectivity index (χ1) is 7.69. The summed E-state index contributed by atoms with van der Waals surface area (Å²) in [6, 6.07) is 4.17. The zero-order valence-electron chi connectivity index (χ0n) is 8.79. The standard InChI is InChI=1S/C12H11FO2S/c1-15-12(14)10-6-5-9(8-11(10)13)4-2-3-7-16/h5-6,8,16H,3,7H2,1H3. The first kappa shape index (κ1) is 12.6. The molecule has 1 rings (SSSR count). The van der Waals surface area contributed by atoms with Gasteiger partial charge in [0.15, 0.2) is 0 Å². The van der Waals surface area contributed by atoms with Crippen LogP contribution in [-0.2, 0) is 4.74 Å². The van der Waals surface area contributed by atoms with Gasteiger partial charge in [-0.3, -0.25) is 0 Å². The number of esters is 1. The van der Waals surface area contributed by atoms with Gasteiger partial charge in [-0.1, -0.05) is 11.8 Å². The molecule has 0 aliphatic heterocycles. The van der Waals surface area contributed by atoms with Gasteiger partial charge in [-0.15, -0.1) is 0 Å². The second-order valence-electron chi connectivity index (χ2n) is 2.96. The second kappa shape index (κ2) is 6.19. The SMILES string of the molecule is COC(=O)c1ccc(C#CCCS)cc1F. The Balaban J connectivity index is 2.92. The third-order valence-corrected chi connectivity index (χ3v) is 2.07. The average Bonchev–Trinajstić information content (AvgIpc) is 2.29. The Kier molecular flexibility index (Phi) is 4.87. The van der Waals surface area contributed by atoms with Gasteiger partial charge in [-0.05, 0) is 18.2 Å². The van der Waals surface area contributed by atoms with E-state index in [4.69, 9.17) is 0 Å². The molecule has 0 N–H and O–H groups in total. The van der Waals surface area contributed by atoms with Gasteiger partial charge >= 0.3 is 5.97 Å². The maximum atomic E-state index is 13.4. The van der Waals surface area contributed by atoms with E-state index in [0.29, 0.717) is 17.7 Å². The van der Waals surface area contributed by atoms with Crippen LogP contribution < -0.4 is 0 Å². The minimum Gasteiger partial charge on any atom is -0.465 e. The first-order valence-corrected chi connectivity index (χ1v) is 5.30. The number of thiol groups is 1. The minimum absolute atomic E-state index is 0.0813. The third kappa shape index (κ3) is 3.28. The molecule has 0 radical (unpaired) electrons. The van der Waals surface area contributed by atoms with Crippen molar-refractivity contribution in [2.75, 3.05) is 12.9 Å². The fourth-order valence-electron chi connectivity index (χ4n) is 1.09. The Morgan fingerprint density at radius 3 is 2.88 bits per heavy atom. The van der Waals surface area contributed by atoms with Gasteiger partial charge in [0.25, 0.3) is 0 Å². The largest absolute Gasteiger partial charge is 0.465 e. The Morgan fingerprint density at radius 1 is 1.56 bits per heavy atom. The number of carbonyl (C=O) groups excluding carboxylic acids is 1.